The van der Waals surface area contributed by atoms with Crippen LogP contribution in [-0.2, 0) is 0 Å². The molecule has 1 aliphatic heterocycles. The molecule has 1 heterocycles. The van der Waals surface area contributed by atoms with Crippen molar-refractivity contribution in [1.29, 1.82) is 5.26 Å². The van der Waals surface area contributed by atoms with Gasteiger partial charge in [0.25, 0.3) is 0 Å². The number of benzene rings is 1. The Labute approximate surface area is 141 Å². The number of rotatable bonds is 3. The molecule has 0 spiro atoms. The number of nitriles is 1. The predicted molar refractivity (Wildman–Crippen MR) is 87.6 cm³/mol. The molecule has 1 aliphatic carbocycles. The van der Waals surface area contributed by atoms with Crippen LogP contribution in [0.15, 0.2) is 12.1 Å². The van der Waals surface area contributed by atoms with Gasteiger partial charge in [-0.15, -0.1) is 0 Å². The summed E-state index contributed by atoms with van der Waals surface area (Å²) < 4.78 is 27.9. The van der Waals surface area contributed by atoms with Crippen LogP contribution in [0.2, 0.25) is 0 Å². The van der Waals surface area contributed by atoms with E-state index in [2.05, 4.69) is 10.2 Å². The molecule has 24 heavy (non-hydrogen) atoms. The lowest BCUT2D eigenvalue weighted by Crippen LogP contribution is -2.50. The number of hydrogen-bond acceptors (Lipinski definition) is 4. The van der Waals surface area contributed by atoms with Crippen molar-refractivity contribution in [3.8, 4) is 6.07 Å². The molecule has 3 rings (SSSR count). The molecule has 0 bridgehead atoms. The summed E-state index contributed by atoms with van der Waals surface area (Å²) in [5.74, 6) is -1.45. The van der Waals surface area contributed by atoms with Crippen molar-refractivity contribution in [3.63, 3.8) is 0 Å². The van der Waals surface area contributed by atoms with Crippen LogP contribution in [0.3, 0.4) is 0 Å². The summed E-state index contributed by atoms with van der Waals surface area (Å²) in [6.07, 6.45) is 5.44. The van der Waals surface area contributed by atoms with E-state index in [1.54, 1.807) is 6.07 Å². The standard InChI is InChI=1S/C18H23F2N3O/c19-14-9-12(11-21)10-15(20)18(14)22-13-5-7-23(8-6-13)16-3-1-2-4-17(16)24/h9-10,13,16-17,22,24H,1-8H2. The summed E-state index contributed by atoms with van der Waals surface area (Å²) in [6, 6.07) is 4.08. The third-order valence-corrected chi connectivity index (χ3v) is 5.21. The molecule has 1 aromatic carbocycles. The first-order valence-corrected chi connectivity index (χ1v) is 8.66. The number of likely N-dealkylation sites (tertiary alicyclic amines) is 1. The molecular formula is C18H23F2N3O. The van der Waals surface area contributed by atoms with E-state index in [4.69, 9.17) is 5.26 Å². The molecule has 2 unspecified atom stereocenters. The Kier molecular flexibility index (Phi) is 5.32. The normalized spacial score (nSPS) is 26.1. The van der Waals surface area contributed by atoms with E-state index < -0.39 is 11.6 Å². The van der Waals surface area contributed by atoms with Crippen molar-refractivity contribution in [2.24, 2.45) is 0 Å². The van der Waals surface area contributed by atoms with Gasteiger partial charge in [-0.1, -0.05) is 12.8 Å². The first kappa shape index (κ1) is 17.1. The zero-order valence-electron chi connectivity index (χ0n) is 13.6. The van der Waals surface area contributed by atoms with E-state index in [9.17, 15) is 13.9 Å². The van der Waals surface area contributed by atoms with Gasteiger partial charge in [0.1, 0.15) is 5.69 Å². The molecule has 6 heteroatoms. The van der Waals surface area contributed by atoms with Gasteiger partial charge in [0, 0.05) is 25.2 Å². The van der Waals surface area contributed by atoms with Gasteiger partial charge in [-0.3, -0.25) is 4.90 Å². The van der Waals surface area contributed by atoms with Gasteiger partial charge in [0.2, 0.25) is 0 Å². The van der Waals surface area contributed by atoms with E-state index in [1.165, 1.54) is 0 Å². The topological polar surface area (TPSA) is 59.3 Å². The average Bonchev–Trinajstić information content (AvgIpc) is 2.59. The van der Waals surface area contributed by atoms with E-state index in [0.717, 1.165) is 63.7 Å². The number of nitrogens with one attached hydrogen (secondary N) is 1. The van der Waals surface area contributed by atoms with Gasteiger partial charge in [-0.25, -0.2) is 8.78 Å². The molecular weight excluding hydrogens is 312 g/mol. The number of piperidine rings is 1. The Morgan fingerprint density at radius 2 is 1.71 bits per heavy atom. The van der Waals surface area contributed by atoms with Gasteiger partial charge >= 0.3 is 0 Å². The summed E-state index contributed by atoms with van der Waals surface area (Å²) in [7, 11) is 0. The zero-order chi connectivity index (χ0) is 17.1. The molecule has 2 atom stereocenters. The predicted octanol–water partition coefficient (Wildman–Crippen LogP) is 3.02. The van der Waals surface area contributed by atoms with Crippen LogP contribution in [0.5, 0.6) is 0 Å². The summed E-state index contributed by atoms with van der Waals surface area (Å²) in [6.45, 7) is 1.64. The molecule has 0 aromatic heterocycles. The summed E-state index contributed by atoms with van der Waals surface area (Å²) in [5, 5.41) is 21.9. The van der Waals surface area contributed by atoms with Crippen molar-refractivity contribution >= 4 is 5.69 Å². The highest BCUT2D eigenvalue weighted by molar-refractivity contribution is 5.51. The maximum absolute atomic E-state index is 14.0. The minimum Gasteiger partial charge on any atom is -0.391 e. The van der Waals surface area contributed by atoms with Crippen LogP contribution in [0.25, 0.3) is 0 Å². The molecule has 2 aliphatic rings. The zero-order valence-corrected chi connectivity index (χ0v) is 13.6. The largest absolute Gasteiger partial charge is 0.391 e. The highest BCUT2D eigenvalue weighted by atomic mass is 19.1. The van der Waals surface area contributed by atoms with E-state index in [0.29, 0.717) is 0 Å². The number of halogens is 2. The minimum absolute atomic E-state index is 0.00100. The third kappa shape index (κ3) is 3.68. The summed E-state index contributed by atoms with van der Waals surface area (Å²) in [5.41, 5.74) is -0.165. The van der Waals surface area contributed by atoms with Crippen molar-refractivity contribution in [2.45, 2.75) is 56.7 Å². The molecule has 0 radical (unpaired) electrons. The fourth-order valence-electron chi connectivity index (χ4n) is 3.87. The summed E-state index contributed by atoms with van der Waals surface area (Å²) >= 11 is 0. The number of hydrogen-bond donors (Lipinski definition) is 2. The smallest absolute Gasteiger partial charge is 0.150 e. The molecule has 1 saturated heterocycles. The second-order valence-corrected chi connectivity index (χ2v) is 6.80. The van der Waals surface area contributed by atoms with Crippen LogP contribution in [-0.4, -0.2) is 41.3 Å². The molecule has 2 fully saturated rings. The van der Waals surface area contributed by atoms with Crippen LogP contribution in [0, 0.1) is 23.0 Å². The Bertz CT molecular complexity index is 600. The Morgan fingerprint density at radius 3 is 2.29 bits per heavy atom. The van der Waals surface area contributed by atoms with Gasteiger partial charge in [-0.2, -0.15) is 5.26 Å². The lowest BCUT2D eigenvalue weighted by molar-refractivity contribution is 0.00992. The first-order chi connectivity index (χ1) is 11.6. The monoisotopic (exact) mass is 335 g/mol. The van der Waals surface area contributed by atoms with E-state index >= 15 is 0 Å². The highest BCUT2D eigenvalue weighted by Gasteiger charge is 2.31. The number of aliphatic hydroxyl groups is 1. The molecule has 2 N–H and O–H groups in total. The van der Waals surface area contributed by atoms with Gasteiger partial charge in [-0.05, 0) is 37.8 Å². The third-order valence-electron chi connectivity index (χ3n) is 5.21. The van der Waals surface area contributed by atoms with E-state index in [-0.39, 0.29) is 29.4 Å². The minimum atomic E-state index is -0.725. The van der Waals surface area contributed by atoms with Gasteiger partial charge in [0.05, 0.1) is 17.7 Å². The quantitative estimate of drug-likeness (QED) is 0.891. The van der Waals surface area contributed by atoms with Crippen LogP contribution in [0.4, 0.5) is 14.5 Å². The van der Waals surface area contributed by atoms with Gasteiger partial charge in [0.15, 0.2) is 11.6 Å². The highest BCUT2D eigenvalue weighted by Crippen LogP contribution is 2.28. The lowest BCUT2D eigenvalue weighted by atomic mass is 9.89. The molecule has 0 amide bonds. The van der Waals surface area contributed by atoms with Crippen molar-refractivity contribution in [3.05, 3.63) is 29.3 Å². The lowest BCUT2D eigenvalue weighted by Gasteiger charge is -2.41. The molecule has 4 nitrogen and oxygen atoms in total. The first-order valence-electron chi connectivity index (χ1n) is 8.66. The van der Waals surface area contributed by atoms with Crippen molar-refractivity contribution < 1.29 is 13.9 Å². The fourth-order valence-corrected chi connectivity index (χ4v) is 3.87. The van der Waals surface area contributed by atoms with E-state index in [1.807, 2.05) is 0 Å². The number of nitrogens with zero attached hydrogens (tertiary/aromatic N) is 2. The summed E-state index contributed by atoms with van der Waals surface area (Å²) in [4.78, 5) is 2.31. The second-order valence-electron chi connectivity index (χ2n) is 6.80. The van der Waals surface area contributed by atoms with Crippen LogP contribution >= 0.6 is 0 Å². The van der Waals surface area contributed by atoms with Crippen LogP contribution < -0.4 is 5.32 Å². The second kappa shape index (κ2) is 7.45. The maximum atomic E-state index is 14.0. The molecule has 130 valence electrons. The molecule has 1 saturated carbocycles. The molecule has 1 aromatic rings. The number of anilines is 1. The van der Waals surface area contributed by atoms with Crippen molar-refractivity contribution in [2.75, 3.05) is 18.4 Å². The van der Waals surface area contributed by atoms with Crippen LogP contribution in [0.1, 0.15) is 44.1 Å². The SMILES string of the molecule is N#Cc1cc(F)c(NC2CCN(C3CCCCC3O)CC2)c(F)c1. The number of aliphatic hydroxyl groups excluding tert-OH is 1. The average molecular weight is 335 g/mol. The fraction of sp³-hybridized carbons (Fsp3) is 0.611. The maximum Gasteiger partial charge on any atom is 0.150 e. The Balaban J connectivity index is 1.59. The van der Waals surface area contributed by atoms with Gasteiger partial charge < -0.3 is 10.4 Å². The van der Waals surface area contributed by atoms with Crippen molar-refractivity contribution in [1.82, 2.24) is 4.90 Å². The Morgan fingerprint density at radius 1 is 1.08 bits per heavy atom. The Hall–Kier alpha value is -1.71.